The molecule has 1 aliphatic heterocycles. The van der Waals surface area contributed by atoms with Gasteiger partial charge in [-0.25, -0.2) is 9.97 Å². The summed E-state index contributed by atoms with van der Waals surface area (Å²) in [5.74, 6) is 1.39. The van der Waals surface area contributed by atoms with Gasteiger partial charge in [-0.2, -0.15) is 0 Å². The van der Waals surface area contributed by atoms with E-state index in [1.807, 2.05) is 12.1 Å². The van der Waals surface area contributed by atoms with Crippen molar-refractivity contribution in [3.05, 3.63) is 47.2 Å². The van der Waals surface area contributed by atoms with Crippen molar-refractivity contribution in [1.29, 1.82) is 0 Å². The summed E-state index contributed by atoms with van der Waals surface area (Å²) in [4.78, 5) is 13.6. The first-order chi connectivity index (χ1) is 15.5. The average molecular weight is 476 g/mol. The van der Waals surface area contributed by atoms with Gasteiger partial charge in [0.15, 0.2) is 0 Å². The second kappa shape index (κ2) is 9.87. The number of benzene rings is 1. The van der Waals surface area contributed by atoms with Crippen LogP contribution in [0.4, 0.5) is 5.95 Å². The predicted octanol–water partition coefficient (Wildman–Crippen LogP) is 3.97. The van der Waals surface area contributed by atoms with Crippen LogP contribution < -0.4 is 20.1 Å². The Balaban J connectivity index is 1.64. The zero-order valence-electron chi connectivity index (χ0n) is 17.7. The minimum Gasteiger partial charge on any atom is -0.495 e. The van der Waals surface area contributed by atoms with Gasteiger partial charge in [0.1, 0.15) is 11.5 Å². The molecule has 1 aromatic carbocycles. The van der Waals surface area contributed by atoms with Crippen LogP contribution in [-0.2, 0) is 4.74 Å². The molecule has 3 aromatic rings. The number of hydrogen-bond acceptors (Lipinski definition) is 8. The van der Waals surface area contributed by atoms with E-state index in [1.165, 1.54) is 14.2 Å². The van der Waals surface area contributed by atoms with E-state index in [0.29, 0.717) is 64.0 Å². The quantitative estimate of drug-likeness (QED) is 0.472. The lowest BCUT2D eigenvalue weighted by Gasteiger charge is -2.19. The fourth-order valence-corrected chi connectivity index (χ4v) is 4.24. The molecule has 10 heteroatoms. The first-order valence-electron chi connectivity index (χ1n) is 9.97. The summed E-state index contributed by atoms with van der Waals surface area (Å²) in [6.07, 6.45) is 5.22. The van der Waals surface area contributed by atoms with Gasteiger partial charge in [-0.3, -0.25) is 4.98 Å². The van der Waals surface area contributed by atoms with Crippen molar-refractivity contribution < 1.29 is 14.2 Å². The van der Waals surface area contributed by atoms with Crippen LogP contribution in [-0.4, -0.2) is 61.0 Å². The molecule has 4 rings (SSSR count). The third-order valence-electron chi connectivity index (χ3n) is 5.22. The highest BCUT2D eigenvalue weighted by Gasteiger charge is 2.28. The average Bonchev–Trinajstić information content (AvgIpc) is 3.24. The van der Waals surface area contributed by atoms with Crippen LogP contribution >= 0.6 is 23.2 Å². The van der Waals surface area contributed by atoms with Gasteiger partial charge in [0, 0.05) is 29.8 Å². The Morgan fingerprint density at radius 2 is 1.81 bits per heavy atom. The summed E-state index contributed by atoms with van der Waals surface area (Å²) >= 11 is 13.1. The van der Waals surface area contributed by atoms with Gasteiger partial charge in [0.2, 0.25) is 5.95 Å². The maximum absolute atomic E-state index is 6.53. The van der Waals surface area contributed by atoms with Gasteiger partial charge in [0.05, 0.1) is 67.0 Å². The van der Waals surface area contributed by atoms with Crippen LogP contribution in [0.3, 0.4) is 0 Å². The lowest BCUT2D eigenvalue weighted by atomic mass is 10.1. The Bertz CT molecular complexity index is 1120. The molecule has 0 saturated carbocycles. The van der Waals surface area contributed by atoms with Crippen LogP contribution in [0.5, 0.6) is 11.5 Å². The fourth-order valence-electron chi connectivity index (χ4n) is 3.55. The van der Waals surface area contributed by atoms with Gasteiger partial charge in [-0.15, -0.1) is 6.58 Å². The molecule has 0 spiro atoms. The Hall–Kier alpha value is -2.65. The van der Waals surface area contributed by atoms with E-state index in [4.69, 9.17) is 37.4 Å². The number of methoxy groups -OCH3 is 2. The summed E-state index contributed by atoms with van der Waals surface area (Å²) in [7, 11) is 3.06. The van der Waals surface area contributed by atoms with Gasteiger partial charge < -0.3 is 24.8 Å². The number of halogens is 2. The van der Waals surface area contributed by atoms with Crippen molar-refractivity contribution in [2.75, 3.05) is 39.3 Å². The van der Waals surface area contributed by atoms with Crippen molar-refractivity contribution in [3.8, 4) is 22.8 Å². The summed E-state index contributed by atoms with van der Waals surface area (Å²) in [6, 6.07) is 3.68. The molecule has 0 unspecified atom stereocenters. The smallest absolute Gasteiger partial charge is 0.223 e. The van der Waals surface area contributed by atoms with E-state index in [2.05, 4.69) is 32.2 Å². The second-order valence-corrected chi connectivity index (χ2v) is 7.95. The highest BCUT2D eigenvalue weighted by atomic mass is 35.5. The molecule has 32 heavy (non-hydrogen) atoms. The van der Waals surface area contributed by atoms with E-state index in [1.54, 1.807) is 18.5 Å². The molecular formula is C22H23Cl2N5O3. The van der Waals surface area contributed by atoms with E-state index in [-0.39, 0.29) is 12.1 Å². The molecule has 0 bridgehead atoms. The molecular weight excluding hydrogens is 453 g/mol. The minimum atomic E-state index is 0.0569. The molecule has 8 nitrogen and oxygen atoms in total. The maximum Gasteiger partial charge on any atom is 0.223 e. The third-order valence-corrected chi connectivity index (χ3v) is 5.97. The molecule has 2 N–H and O–H groups in total. The number of aromatic nitrogens is 3. The van der Waals surface area contributed by atoms with Gasteiger partial charge in [-0.05, 0) is 6.07 Å². The fraction of sp³-hybridized carbons (Fsp3) is 0.318. The first-order valence-corrected chi connectivity index (χ1v) is 10.7. The van der Waals surface area contributed by atoms with Crippen LogP contribution in [0.1, 0.15) is 0 Å². The lowest BCUT2D eigenvalue weighted by molar-refractivity contribution is 0.189. The maximum atomic E-state index is 6.53. The van der Waals surface area contributed by atoms with Gasteiger partial charge in [-0.1, -0.05) is 29.3 Å². The summed E-state index contributed by atoms with van der Waals surface area (Å²) in [5.41, 5.74) is 1.77. The van der Waals surface area contributed by atoms with Crippen LogP contribution in [0.15, 0.2) is 37.2 Å². The van der Waals surface area contributed by atoms with Crippen LogP contribution in [0, 0.1) is 0 Å². The van der Waals surface area contributed by atoms with Crippen molar-refractivity contribution in [3.63, 3.8) is 0 Å². The highest BCUT2D eigenvalue weighted by molar-refractivity contribution is 6.41. The summed E-state index contributed by atoms with van der Waals surface area (Å²) in [6.45, 7) is 5.64. The standard InChI is InChI=1S/C22H23Cl2N5O3/c1-4-5-25-15-10-32-11-16(15)29-22-27-8-12-6-13(26-9-14(12)28-22)19-20(23)17(30-2)7-18(31-3)21(19)24/h4,6-9,15-16,25H,1,5,10-11H2,2-3H3,(H,27,28,29)/t15-,16+/m0/s1. The molecule has 1 fully saturated rings. The molecule has 1 saturated heterocycles. The number of hydrogen-bond donors (Lipinski definition) is 2. The normalized spacial score (nSPS) is 18.0. The van der Waals surface area contributed by atoms with Crippen molar-refractivity contribution in [1.82, 2.24) is 20.3 Å². The predicted molar refractivity (Wildman–Crippen MR) is 126 cm³/mol. The number of anilines is 1. The Morgan fingerprint density at radius 3 is 2.50 bits per heavy atom. The summed E-state index contributed by atoms with van der Waals surface area (Å²) in [5, 5.41) is 8.21. The number of nitrogens with zero attached hydrogens (tertiary/aromatic N) is 3. The highest BCUT2D eigenvalue weighted by Crippen LogP contribution is 2.45. The Labute approximate surface area is 195 Å². The van der Waals surface area contributed by atoms with Crippen molar-refractivity contribution >= 4 is 40.1 Å². The monoisotopic (exact) mass is 475 g/mol. The molecule has 0 aliphatic carbocycles. The number of pyridine rings is 1. The van der Waals surface area contributed by atoms with Crippen molar-refractivity contribution in [2.45, 2.75) is 12.1 Å². The number of ether oxygens (including phenoxy) is 3. The molecule has 2 atom stereocenters. The SMILES string of the molecule is C=CCN[C@H]1COC[C@H]1Nc1ncc2cc(-c3c(Cl)c(OC)cc(OC)c3Cl)ncc2n1. The Morgan fingerprint density at radius 1 is 1.09 bits per heavy atom. The number of nitrogens with one attached hydrogen (secondary N) is 2. The van der Waals surface area contributed by atoms with Crippen molar-refractivity contribution in [2.24, 2.45) is 0 Å². The number of rotatable bonds is 8. The molecule has 3 heterocycles. The Kier molecular flexibility index (Phi) is 6.95. The second-order valence-electron chi connectivity index (χ2n) is 7.20. The van der Waals surface area contributed by atoms with E-state index >= 15 is 0 Å². The zero-order chi connectivity index (χ0) is 22.7. The van der Waals surface area contributed by atoms with Crippen LogP contribution in [0.2, 0.25) is 10.0 Å². The molecule has 0 radical (unpaired) electrons. The van der Waals surface area contributed by atoms with E-state index < -0.39 is 0 Å². The molecule has 168 valence electrons. The van der Waals surface area contributed by atoms with Gasteiger partial charge in [0.25, 0.3) is 0 Å². The summed E-state index contributed by atoms with van der Waals surface area (Å²) < 4.78 is 16.3. The minimum absolute atomic E-state index is 0.0569. The largest absolute Gasteiger partial charge is 0.495 e. The van der Waals surface area contributed by atoms with E-state index in [9.17, 15) is 0 Å². The molecule has 1 aliphatic rings. The topological polar surface area (TPSA) is 90.4 Å². The zero-order valence-corrected chi connectivity index (χ0v) is 19.2. The van der Waals surface area contributed by atoms with Gasteiger partial charge >= 0.3 is 0 Å². The molecule has 0 amide bonds. The lowest BCUT2D eigenvalue weighted by Crippen LogP contribution is -2.43. The molecule has 2 aromatic heterocycles. The van der Waals surface area contributed by atoms with Crippen LogP contribution in [0.25, 0.3) is 22.2 Å². The first kappa shape index (κ1) is 22.5. The van der Waals surface area contributed by atoms with E-state index in [0.717, 1.165) is 5.39 Å². The number of fused-ring (bicyclic) bond motifs is 1. The third kappa shape index (κ3) is 4.45.